The number of aryl methyl sites for hydroxylation is 1. The first-order valence-electron chi connectivity index (χ1n) is 5.51. The van der Waals surface area contributed by atoms with Crippen LogP contribution >= 0.6 is 0 Å². The van der Waals surface area contributed by atoms with Crippen molar-refractivity contribution in [1.29, 1.82) is 5.26 Å². The van der Waals surface area contributed by atoms with Crippen molar-refractivity contribution in [3.63, 3.8) is 0 Å². The molecule has 0 aliphatic carbocycles. The summed E-state index contributed by atoms with van der Waals surface area (Å²) in [7, 11) is 0. The highest BCUT2D eigenvalue weighted by Gasteiger charge is 2.19. The molecule has 0 aromatic carbocycles. The van der Waals surface area contributed by atoms with Crippen molar-refractivity contribution >= 4 is 5.82 Å². The Kier molecular flexibility index (Phi) is 3.07. The zero-order valence-corrected chi connectivity index (χ0v) is 9.35. The van der Waals surface area contributed by atoms with E-state index < -0.39 is 0 Å². The Hall–Kier alpha value is -1.60. The van der Waals surface area contributed by atoms with Gasteiger partial charge in [0, 0.05) is 18.8 Å². The number of nitriles is 1. The van der Waals surface area contributed by atoms with Crippen LogP contribution in [0.4, 0.5) is 5.82 Å². The van der Waals surface area contributed by atoms with E-state index in [1.165, 1.54) is 0 Å². The van der Waals surface area contributed by atoms with Crippen LogP contribution in [-0.2, 0) is 0 Å². The molecule has 2 rings (SSSR count). The summed E-state index contributed by atoms with van der Waals surface area (Å²) in [6, 6.07) is 5.68. The first-order valence-corrected chi connectivity index (χ1v) is 5.51. The monoisotopic (exact) mass is 217 g/mol. The summed E-state index contributed by atoms with van der Waals surface area (Å²) in [6.45, 7) is 3.39. The Labute approximate surface area is 95.1 Å². The van der Waals surface area contributed by atoms with Crippen LogP contribution in [0, 0.1) is 18.3 Å². The van der Waals surface area contributed by atoms with Gasteiger partial charge in [-0.1, -0.05) is 0 Å². The van der Waals surface area contributed by atoms with Crippen molar-refractivity contribution in [2.24, 2.45) is 0 Å². The average Bonchev–Trinajstić information content (AvgIpc) is 2.28. The molecule has 4 heteroatoms. The van der Waals surface area contributed by atoms with E-state index >= 15 is 0 Å². The van der Waals surface area contributed by atoms with Crippen molar-refractivity contribution in [2.75, 3.05) is 18.0 Å². The normalized spacial score (nSPS) is 20.6. The number of piperidine rings is 1. The SMILES string of the molecule is Cc1cc(C#N)cc(N2CCCC(O)C2)n1. The highest BCUT2D eigenvalue weighted by molar-refractivity contribution is 5.47. The number of anilines is 1. The summed E-state index contributed by atoms with van der Waals surface area (Å²) in [4.78, 5) is 6.45. The van der Waals surface area contributed by atoms with Gasteiger partial charge >= 0.3 is 0 Å². The molecule has 1 aromatic heterocycles. The molecule has 1 N–H and O–H groups in total. The summed E-state index contributed by atoms with van der Waals surface area (Å²) in [6.07, 6.45) is 1.55. The first kappa shape index (κ1) is 10.9. The predicted octanol–water partition coefficient (Wildman–Crippen LogP) is 1.22. The maximum atomic E-state index is 9.60. The first-order chi connectivity index (χ1) is 7.69. The smallest absolute Gasteiger partial charge is 0.130 e. The minimum absolute atomic E-state index is 0.276. The summed E-state index contributed by atoms with van der Waals surface area (Å²) >= 11 is 0. The third-order valence-corrected chi connectivity index (χ3v) is 2.79. The zero-order chi connectivity index (χ0) is 11.5. The van der Waals surface area contributed by atoms with Crippen LogP contribution in [0.2, 0.25) is 0 Å². The second-order valence-corrected chi connectivity index (χ2v) is 4.21. The summed E-state index contributed by atoms with van der Waals surface area (Å²) in [5.41, 5.74) is 1.47. The van der Waals surface area contributed by atoms with Gasteiger partial charge in [0.2, 0.25) is 0 Å². The average molecular weight is 217 g/mol. The van der Waals surface area contributed by atoms with E-state index in [4.69, 9.17) is 5.26 Å². The number of hydrogen-bond donors (Lipinski definition) is 1. The van der Waals surface area contributed by atoms with Gasteiger partial charge in [0.1, 0.15) is 5.82 Å². The number of nitrogens with zero attached hydrogens (tertiary/aromatic N) is 3. The third-order valence-electron chi connectivity index (χ3n) is 2.79. The molecule has 1 aliphatic rings. The van der Waals surface area contributed by atoms with Crippen LogP contribution < -0.4 is 4.90 Å². The predicted molar refractivity (Wildman–Crippen MR) is 61.1 cm³/mol. The van der Waals surface area contributed by atoms with Gasteiger partial charge in [-0.15, -0.1) is 0 Å². The maximum absolute atomic E-state index is 9.60. The van der Waals surface area contributed by atoms with E-state index in [1.807, 2.05) is 11.8 Å². The quantitative estimate of drug-likeness (QED) is 0.768. The molecule has 84 valence electrons. The topological polar surface area (TPSA) is 60.2 Å². The molecule has 2 heterocycles. The van der Waals surface area contributed by atoms with Gasteiger partial charge in [-0.2, -0.15) is 5.26 Å². The van der Waals surface area contributed by atoms with Gasteiger partial charge in [0.05, 0.1) is 17.7 Å². The van der Waals surface area contributed by atoms with Crippen LogP contribution in [0.25, 0.3) is 0 Å². The molecule has 0 saturated carbocycles. The van der Waals surface area contributed by atoms with Crippen molar-refractivity contribution in [3.05, 3.63) is 23.4 Å². The largest absolute Gasteiger partial charge is 0.391 e. The molecule has 0 radical (unpaired) electrons. The Morgan fingerprint density at radius 1 is 1.56 bits per heavy atom. The van der Waals surface area contributed by atoms with Crippen molar-refractivity contribution in [3.8, 4) is 6.07 Å². The molecule has 1 unspecified atom stereocenters. The fourth-order valence-corrected chi connectivity index (χ4v) is 2.04. The van der Waals surface area contributed by atoms with E-state index in [1.54, 1.807) is 12.1 Å². The molecule has 1 atom stereocenters. The lowest BCUT2D eigenvalue weighted by Crippen LogP contribution is -2.38. The number of rotatable bonds is 1. The summed E-state index contributed by atoms with van der Waals surface area (Å²) in [5.74, 6) is 0.801. The molecule has 1 saturated heterocycles. The molecular weight excluding hydrogens is 202 g/mol. The van der Waals surface area contributed by atoms with E-state index in [2.05, 4.69) is 11.1 Å². The standard InChI is InChI=1S/C12H15N3O/c1-9-5-10(7-13)6-12(14-9)15-4-2-3-11(16)8-15/h5-6,11,16H,2-4,8H2,1H3. The van der Waals surface area contributed by atoms with Gasteiger partial charge in [0.25, 0.3) is 0 Å². The molecule has 0 amide bonds. The Morgan fingerprint density at radius 3 is 3.06 bits per heavy atom. The number of aromatic nitrogens is 1. The van der Waals surface area contributed by atoms with E-state index in [-0.39, 0.29) is 6.10 Å². The van der Waals surface area contributed by atoms with Crippen LogP contribution in [-0.4, -0.2) is 29.3 Å². The lowest BCUT2D eigenvalue weighted by Gasteiger charge is -2.31. The van der Waals surface area contributed by atoms with Crippen molar-refractivity contribution in [1.82, 2.24) is 4.98 Å². The lowest BCUT2D eigenvalue weighted by atomic mass is 10.1. The highest BCUT2D eigenvalue weighted by Crippen LogP contribution is 2.19. The minimum atomic E-state index is -0.276. The number of hydrogen-bond acceptors (Lipinski definition) is 4. The fourth-order valence-electron chi connectivity index (χ4n) is 2.04. The van der Waals surface area contributed by atoms with Crippen LogP contribution in [0.1, 0.15) is 24.1 Å². The molecule has 0 bridgehead atoms. The maximum Gasteiger partial charge on any atom is 0.130 e. The van der Waals surface area contributed by atoms with Gasteiger partial charge in [-0.05, 0) is 31.9 Å². The second-order valence-electron chi connectivity index (χ2n) is 4.21. The van der Waals surface area contributed by atoms with Gasteiger partial charge in [0.15, 0.2) is 0 Å². The van der Waals surface area contributed by atoms with Crippen LogP contribution in [0.3, 0.4) is 0 Å². The molecule has 4 nitrogen and oxygen atoms in total. The van der Waals surface area contributed by atoms with E-state index in [0.29, 0.717) is 12.1 Å². The Balaban J connectivity index is 2.26. The number of β-amino-alcohol motifs (C(OH)–C–C–N with tert-alkyl or cyclic N) is 1. The van der Waals surface area contributed by atoms with Crippen LogP contribution in [0.15, 0.2) is 12.1 Å². The third kappa shape index (κ3) is 2.31. The number of pyridine rings is 1. The van der Waals surface area contributed by atoms with E-state index in [9.17, 15) is 5.11 Å². The fraction of sp³-hybridized carbons (Fsp3) is 0.500. The molecule has 1 aliphatic heterocycles. The van der Waals surface area contributed by atoms with Gasteiger partial charge < -0.3 is 10.0 Å². The number of aliphatic hydroxyl groups is 1. The van der Waals surface area contributed by atoms with E-state index in [0.717, 1.165) is 30.9 Å². The Morgan fingerprint density at radius 2 is 2.38 bits per heavy atom. The zero-order valence-electron chi connectivity index (χ0n) is 9.35. The van der Waals surface area contributed by atoms with Gasteiger partial charge in [-0.3, -0.25) is 0 Å². The van der Waals surface area contributed by atoms with Crippen molar-refractivity contribution < 1.29 is 5.11 Å². The summed E-state index contributed by atoms with van der Waals surface area (Å²) < 4.78 is 0. The Bertz CT molecular complexity index is 425. The van der Waals surface area contributed by atoms with Gasteiger partial charge in [-0.25, -0.2) is 4.98 Å². The molecule has 16 heavy (non-hydrogen) atoms. The summed E-state index contributed by atoms with van der Waals surface area (Å²) in [5, 5.41) is 18.5. The second kappa shape index (κ2) is 4.50. The highest BCUT2D eigenvalue weighted by atomic mass is 16.3. The number of aliphatic hydroxyl groups excluding tert-OH is 1. The molecular formula is C12H15N3O. The van der Waals surface area contributed by atoms with Crippen molar-refractivity contribution in [2.45, 2.75) is 25.9 Å². The molecule has 1 aromatic rings. The molecule has 1 fully saturated rings. The minimum Gasteiger partial charge on any atom is -0.391 e. The van der Waals surface area contributed by atoms with Crippen LogP contribution in [0.5, 0.6) is 0 Å². The molecule has 0 spiro atoms. The lowest BCUT2D eigenvalue weighted by molar-refractivity contribution is 0.154.